The first kappa shape index (κ1) is 17.7. The number of allylic oxidation sites excluding steroid dienone is 1. The van der Waals surface area contributed by atoms with Crippen molar-refractivity contribution in [2.75, 3.05) is 0 Å². The maximum atomic E-state index is 14.4. The molecule has 2 aromatic rings. The average molecular weight is 342 g/mol. The third-order valence-corrected chi connectivity index (χ3v) is 5.09. The summed E-state index contributed by atoms with van der Waals surface area (Å²) in [6, 6.07) is 10.9. The average Bonchev–Trinajstić information content (AvgIpc) is 2.64. The summed E-state index contributed by atoms with van der Waals surface area (Å²) in [7, 11) is 0. The van der Waals surface area contributed by atoms with Gasteiger partial charge in [-0.15, -0.1) is 0 Å². The molecule has 0 aromatic heterocycles. The smallest absolute Gasteiger partial charge is 0.201 e. The van der Waals surface area contributed by atoms with Gasteiger partial charge in [0.2, 0.25) is 5.82 Å². The molecular formula is C22H24F2O. The number of hydrogen-bond donors (Lipinski definition) is 0. The quantitative estimate of drug-likeness (QED) is 0.553. The Kier molecular flexibility index (Phi) is 5.52. The number of rotatable bonds is 4. The molecule has 1 aliphatic rings. The molecule has 0 saturated heterocycles. The zero-order valence-corrected chi connectivity index (χ0v) is 14.8. The molecule has 0 radical (unpaired) electrons. The van der Waals surface area contributed by atoms with Crippen LogP contribution >= 0.6 is 0 Å². The van der Waals surface area contributed by atoms with Crippen molar-refractivity contribution in [3.63, 3.8) is 0 Å². The highest BCUT2D eigenvalue weighted by Crippen LogP contribution is 2.37. The van der Waals surface area contributed by atoms with E-state index in [1.165, 1.54) is 43.6 Å². The highest BCUT2D eigenvalue weighted by atomic mass is 19.2. The van der Waals surface area contributed by atoms with Gasteiger partial charge in [0.25, 0.3) is 0 Å². The molecule has 2 aromatic carbocycles. The fourth-order valence-corrected chi connectivity index (χ4v) is 3.52. The summed E-state index contributed by atoms with van der Waals surface area (Å²) in [5.74, 6) is -0.534. The second kappa shape index (κ2) is 7.81. The van der Waals surface area contributed by atoms with Crippen LogP contribution in [-0.2, 0) is 0 Å². The lowest BCUT2D eigenvalue weighted by Gasteiger charge is -2.26. The fraction of sp³-hybridized carbons (Fsp3) is 0.364. The van der Waals surface area contributed by atoms with Gasteiger partial charge in [-0.25, -0.2) is 4.39 Å². The summed E-state index contributed by atoms with van der Waals surface area (Å²) in [5.41, 5.74) is 2.24. The van der Waals surface area contributed by atoms with E-state index in [4.69, 9.17) is 4.74 Å². The molecule has 25 heavy (non-hydrogen) atoms. The zero-order valence-electron chi connectivity index (χ0n) is 14.8. The molecule has 1 nitrogen and oxygen atoms in total. The van der Waals surface area contributed by atoms with Crippen molar-refractivity contribution in [3.8, 4) is 16.9 Å². The van der Waals surface area contributed by atoms with Gasteiger partial charge in [-0.05, 0) is 54.9 Å². The molecule has 0 spiro atoms. The molecule has 0 aliphatic heterocycles. The number of ether oxygens (including phenoxy) is 1. The van der Waals surface area contributed by atoms with E-state index in [0.29, 0.717) is 11.5 Å². The minimum atomic E-state index is -0.957. The van der Waals surface area contributed by atoms with Gasteiger partial charge in [-0.2, -0.15) is 4.39 Å². The van der Waals surface area contributed by atoms with E-state index in [0.717, 1.165) is 5.92 Å². The van der Waals surface area contributed by atoms with Gasteiger partial charge < -0.3 is 4.74 Å². The van der Waals surface area contributed by atoms with Crippen LogP contribution in [0.3, 0.4) is 0 Å². The van der Waals surface area contributed by atoms with Crippen molar-refractivity contribution >= 4 is 0 Å². The normalized spacial score (nSPS) is 20.8. The largest absolute Gasteiger partial charge is 0.462 e. The molecule has 3 rings (SSSR count). The van der Waals surface area contributed by atoms with Crippen LogP contribution in [0.25, 0.3) is 11.1 Å². The summed E-state index contributed by atoms with van der Waals surface area (Å²) in [4.78, 5) is 0. The van der Waals surface area contributed by atoms with Gasteiger partial charge in [0.15, 0.2) is 11.6 Å². The Hall–Kier alpha value is -2.16. The minimum Gasteiger partial charge on any atom is -0.462 e. The Labute approximate surface area is 148 Å². The third-order valence-electron chi connectivity index (χ3n) is 5.09. The minimum absolute atomic E-state index is 0.104. The van der Waals surface area contributed by atoms with Crippen LogP contribution in [0, 0.1) is 17.6 Å². The van der Waals surface area contributed by atoms with E-state index in [2.05, 4.69) is 19.1 Å². The molecular weight excluding hydrogens is 318 g/mol. The lowest BCUT2D eigenvalue weighted by atomic mass is 9.79. The molecule has 0 heterocycles. The third kappa shape index (κ3) is 3.92. The van der Waals surface area contributed by atoms with Crippen LogP contribution in [0.15, 0.2) is 48.7 Å². The maximum Gasteiger partial charge on any atom is 0.201 e. The molecule has 0 unspecified atom stereocenters. The fourth-order valence-electron chi connectivity index (χ4n) is 3.52. The van der Waals surface area contributed by atoms with Gasteiger partial charge >= 0.3 is 0 Å². The Balaban J connectivity index is 1.81. The van der Waals surface area contributed by atoms with Crippen LogP contribution in [0.1, 0.15) is 51.0 Å². The van der Waals surface area contributed by atoms with Gasteiger partial charge in [0.1, 0.15) is 0 Å². The van der Waals surface area contributed by atoms with E-state index >= 15 is 0 Å². The Morgan fingerprint density at radius 3 is 2.24 bits per heavy atom. The van der Waals surface area contributed by atoms with Gasteiger partial charge in [0, 0.05) is 5.56 Å². The number of halogens is 2. The lowest BCUT2D eigenvalue weighted by molar-refractivity contribution is 0.348. The van der Waals surface area contributed by atoms with Crippen molar-refractivity contribution < 1.29 is 13.5 Å². The molecule has 3 heteroatoms. The summed E-state index contributed by atoms with van der Waals surface area (Å²) >= 11 is 0. The van der Waals surface area contributed by atoms with Crippen LogP contribution < -0.4 is 4.74 Å². The van der Waals surface area contributed by atoms with Gasteiger partial charge in [0.05, 0.1) is 6.26 Å². The van der Waals surface area contributed by atoms with Crippen molar-refractivity contribution in [1.82, 2.24) is 0 Å². The molecule has 1 fully saturated rings. The zero-order chi connectivity index (χ0) is 17.8. The predicted molar refractivity (Wildman–Crippen MR) is 97.6 cm³/mol. The molecule has 0 atom stereocenters. The molecule has 0 amide bonds. The summed E-state index contributed by atoms with van der Waals surface area (Å²) in [6.07, 6.45) is 7.90. The lowest BCUT2D eigenvalue weighted by Crippen LogP contribution is -2.10. The highest BCUT2D eigenvalue weighted by Gasteiger charge is 2.20. The topological polar surface area (TPSA) is 9.23 Å². The van der Waals surface area contributed by atoms with Gasteiger partial charge in [-0.1, -0.05) is 50.1 Å². The van der Waals surface area contributed by atoms with Crippen molar-refractivity contribution in [3.05, 3.63) is 65.9 Å². The molecule has 1 saturated carbocycles. The van der Waals surface area contributed by atoms with Crippen molar-refractivity contribution in [1.29, 1.82) is 0 Å². The molecule has 0 N–H and O–H groups in total. The Morgan fingerprint density at radius 1 is 0.920 bits per heavy atom. The first-order chi connectivity index (χ1) is 12.1. The van der Waals surface area contributed by atoms with E-state index in [9.17, 15) is 8.78 Å². The summed E-state index contributed by atoms with van der Waals surface area (Å²) < 4.78 is 33.6. The van der Waals surface area contributed by atoms with Crippen LogP contribution in [0.4, 0.5) is 8.78 Å². The van der Waals surface area contributed by atoms with Crippen molar-refractivity contribution in [2.45, 2.75) is 45.4 Å². The standard InChI is InChI=1S/C22H24F2O/c1-3-14-25-20-13-12-19(21(23)22(20)24)18-10-8-17(9-11-18)16-6-4-15(2)5-7-16/h3,8-16H,4-7H2,1-2H3/b14-3-. The SMILES string of the molecule is C/C=C\Oc1ccc(-c2ccc(C3CCC(C)CC3)cc2)c(F)c1F. The number of hydrogen-bond acceptors (Lipinski definition) is 1. The Bertz CT molecular complexity index is 741. The van der Waals surface area contributed by atoms with E-state index in [1.807, 2.05) is 12.1 Å². The van der Waals surface area contributed by atoms with Crippen molar-refractivity contribution in [2.24, 2.45) is 5.92 Å². The van der Waals surface area contributed by atoms with E-state index < -0.39 is 11.6 Å². The van der Waals surface area contributed by atoms with Crippen LogP contribution in [0.5, 0.6) is 5.75 Å². The monoisotopic (exact) mass is 342 g/mol. The molecule has 132 valence electrons. The van der Waals surface area contributed by atoms with Crippen LogP contribution in [-0.4, -0.2) is 0 Å². The van der Waals surface area contributed by atoms with Gasteiger partial charge in [-0.3, -0.25) is 0 Å². The van der Waals surface area contributed by atoms with E-state index in [-0.39, 0.29) is 11.3 Å². The summed E-state index contributed by atoms with van der Waals surface area (Å²) in [5, 5.41) is 0. The van der Waals surface area contributed by atoms with Crippen LogP contribution in [0.2, 0.25) is 0 Å². The highest BCUT2D eigenvalue weighted by molar-refractivity contribution is 5.65. The summed E-state index contributed by atoms with van der Waals surface area (Å²) in [6.45, 7) is 4.05. The Morgan fingerprint density at radius 2 is 1.60 bits per heavy atom. The molecule has 1 aliphatic carbocycles. The predicted octanol–water partition coefficient (Wildman–Crippen LogP) is 6.84. The number of benzene rings is 2. The first-order valence-electron chi connectivity index (χ1n) is 8.96. The second-order valence-corrected chi connectivity index (χ2v) is 6.91. The first-order valence-corrected chi connectivity index (χ1v) is 8.96. The maximum absolute atomic E-state index is 14.4. The molecule has 0 bridgehead atoms. The second-order valence-electron chi connectivity index (χ2n) is 6.91. The van der Waals surface area contributed by atoms with E-state index in [1.54, 1.807) is 19.1 Å².